The van der Waals surface area contributed by atoms with E-state index in [0.717, 1.165) is 15.9 Å². The molecule has 0 aliphatic carbocycles. The van der Waals surface area contributed by atoms with Crippen LogP contribution in [0.2, 0.25) is 0 Å². The minimum atomic E-state index is 0.699. The predicted molar refractivity (Wildman–Crippen MR) is 52.2 cm³/mol. The third-order valence-electron chi connectivity index (χ3n) is 1.61. The standard InChI is InChI=1S/C9H7BrN2O/c1-6-4-9(13-12-6)8-3-2-7(10)5-11-8/h2-5H,1H3. The minimum Gasteiger partial charge on any atom is -0.354 e. The summed E-state index contributed by atoms with van der Waals surface area (Å²) in [5.41, 5.74) is 1.66. The lowest BCUT2D eigenvalue weighted by Gasteiger charge is -1.93. The summed E-state index contributed by atoms with van der Waals surface area (Å²) in [6.45, 7) is 1.88. The molecule has 0 aromatic carbocycles. The van der Waals surface area contributed by atoms with Crippen LogP contribution < -0.4 is 0 Å². The van der Waals surface area contributed by atoms with Crippen molar-refractivity contribution in [3.63, 3.8) is 0 Å². The second-order valence-electron chi connectivity index (χ2n) is 2.69. The van der Waals surface area contributed by atoms with Crippen LogP contribution in [0.4, 0.5) is 0 Å². The number of hydrogen-bond acceptors (Lipinski definition) is 3. The smallest absolute Gasteiger partial charge is 0.185 e. The van der Waals surface area contributed by atoms with E-state index in [-0.39, 0.29) is 0 Å². The Morgan fingerprint density at radius 3 is 2.77 bits per heavy atom. The second-order valence-corrected chi connectivity index (χ2v) is 3.61. The fourth-order valence-corrected chi connectivity index (χ4v) is 1.24. The zero-order valence-corrected chi connectivity index (χ0v) is 8.58. The third kappa shape index (κ3) is 1.78. The normalized spacial score (nSPS) is 10.3. The molecule has 2 aromatic rings. The molecule has 0 N–H and O–H groups in total. The van der Waals surface area contributed by atoms with Crippen molar-refractivity contribution in [2.24, 2.45) is 0 Å². The highest BCUT2D eigenvalue weighted by atomic mass is 79.9. The first-order chi connectivity index (χ1) is 6.25. The average Bonchev–Trinajstić information content (AvgIpc) is 2.53. The molecule has 0 bridgehead atoms. The molecule has 0 spiro atoms. The van der Waals surface area contributed by atoms with Crippen LogP contribution in [0.15, 0.2) is 33.4 Å². The molecule has 0 atom stereocenters. The van der Waals surface area contributed by atoms with Gasteiger partial charge in [-0.05, 0) is 35.0 Å². The zero-order chi connectivity index (χ0) is 9.26. The average molecular weight is 239 g/mol. The van der Waals surface area contributed by atoms with Crippen molar-refractivity contribution in [2.45, 2.75) is 6.92 Å². The van der Waals surface area contributed by atoms with E-state index in [1.165, 1.54) is 0 Å². The van der Waals surface area contributed by atoms with Crippen LogP contribution in [-0.4, -0.2) is 10.1 Å². The Bertz CT molecular complexity index is 408. The first-order valence-electron chi connectivity index (χ1n) is 3.81. The van der Waals surface area contributed by atoms with Gasteiger partial charge in [0.05, 0.1) is 5.69 Å². The quantitative estimate of drug-likeness (QED) is 0.767. The van der Waals surface area contributed by atoms with Crippen molar-refractivity contribution < 1.29 is 4.52 Å². The predicted octanol–water partition coefficient (Wildman–Crippen LogP) is 2.81. The van der Waals surface area contributed by atoms with Gasteiger partial charge in [-0.15, -0.1) is 0 Å². The fraction of sp³-hybridized carbons (Fsp3) is 0.111. The number of nitrogens with zero attached hydrogens (tertiary/aromatic N) is 2. The van der Waals surface area contributed by atoms with Crippen molar-refractivity contribution in [3.05, 3.63) is 34.6 Å². The minimum absolute atomic E-state index is 0.699. The highest BCUT2D eigenvalue weighted by molar-refractivity contribution is 9.10. The van der Waals surface area contributed by atoms with Crippen LogP contribution in [0.25, 0.3) is 11.5 Å². The lowest BCUT2D eigenvalue weighted by Crippen LogP contribution is -1.79. The van der Waals surface area contributed by atoms with Crippen LogP contribution in [0.5, 0.6) is 0 Å². The monoisotopic (exact) mass is 238 g/mol. The van der Waals surface area contributed by atoms with Crippen LogP contribution in [0.3, 0.4) is 0 Å². The lowest BCUT2D eigenvalue weighted by atomic mass is 10.3. The highest BCUT2D eigenvalue weighted by Gasteiger charge is 2.04. The molecule has 66 valence electrons. The molecule has 0 aliphatic heterocycles. The first kappa shape index (κ1) is 8.44. The Kier molecular flexibility index (Phi) is 2.14. The Morgan fingerprint density at radius 2 is 2.23 bits per heavy atom. The molecule has 3 nitrogen and oxygen atoms in total. The Morgan fingerprint density at radius 1 is 1.38 bits per heavy atom. The molecule has 0 amide bonds. The van der Waals surface area contributed by atoms with Gasteiger partial charge in [-0.25, -0.2) is 0 Å². The van der Waals surface area contributed by atoms with E-state index in [4.69, 9.17) is 4.52 Å². The van der Waals surface area contributed by atoms with Crippen LogP contribution in [-0.2, 0) is 0 Å². The zero-order valence-electron chi connectivity index (χ0n) is 6.99. The molecule has 0 saturated carbocycles. The van der Waals surface area contributed by atoms with Gasteiger partial charge in [0, 0.05) is 16.7 Å². The summed E-state index contributed by atoms with van der Waals surface area (Å²) >= 11 is 3.31. The van der Waals surface area contributed by atoms with Crippen LogP contribution >= 0.6 is 15.9 Å². The molecular formula is C9H7BrN2O. The third-order valence-corrected chi connectivity index (χ3v) is 2.08. The molecular weight excluding hydrogens is 232 g/mol. The maximum atomic E-state index is 5.06. The maximum absolute atomic E-state index is 5.06. The van der Waals surface area contributed by atoms with Gasteiger partial charge in [0.15, 0.2) is 5.76 Å². The highest BCUT2D eigenvalue weighted by Crippen LogP contribution is 2.19. The van der Waals surface area contributed by atoms with E-state index >= 15 is 0 Å². The van der Waals surface area contributed by atoms with Crippen molar-refractivity contribution in [3.8, 4) is 11.5 Å². The summed E-state index contributed by atoms with van der Waals surface area (Å²) in [5, 5.41) is 3.79. The molecule has 0 aliphatic rings. The number of pyridine rings is 1. The first-order valence-corrected chi connectivity index (χ1v) is 4.60. The van der Waals surface area contributed by atoms with Gasteiger partial charge in [-0.3, -0.25) is 4.98 Å². The SMILES string of the molecule is Cc1cc(-c2ccc(Br)cn2)on1. The van der Waals surface area contributed by atoms with Gasteiger partial charge in [0.2, 0.25) is 0 Å². The summed E-state index contributed by atoms with van der Waals surface area (Å²) in [4.78, 5) is 4.18. The van der Waals surface area contributed by atoms with Gasteiger partial charge in [0.1, 0.15) is 5.69 Å². The molecule has 0 fully saturated rings. The molecule has 0 unspecified atom stereocenters. The van der Waals surface area contributed by atoms with E-state index in [1.807, 2.05) is 25.1 Å². The topological polar surface area (TPSA) is 38.9 Å². The largest absolute Gasteiger partial charge is 0.354 e. The molecule has 13 heavy (non-hydrogen) atoms. The second kappa shape index (κ2) is 3.30. The lowest BCUT2D eigenvalue weighted by molar-refractivity contribution is 0.426. The van der Waals surface area contributed by atoms with Crippen molar-refractivity contribution >= 4 is 15.9 Å². The number of hydrogen-bond donors (Lipinski definition) is 0. The van der Waals surface area contributed by atoms with Crippen molar-refractivity contribution in [1.82, 2.24) is 10.1 Å². The van der Waals surface area contributed by atoms with Gasteiger partial charge >= 0.3 is 0 Å². The van der Waals surface area contributed by atoms with E-state index < -0.39 is 0 Å². The number of aromatic nitrogens is 2. The molecule has 2 heterocycles. The van der Waals surface area contributed by atoms with Crippen LogP contribution in [0, 0.1) is 6.92 Å². The molecule has 0 saturated heterocycles. The molecule has 2 rings (SSSR count). The molecule has 2 aromatic heterocycles. The van der Waals surface area contributed by atoms with Gasteiger partial charge in [0.25, 0.3) is 0 Å². The van der Waals surface area contributed by atoms with E-state index in [9.17, 15) is 0 Å². The van der Waals surface area contributed by atoms with Crippen molar-refractivity contribution in [1.29, 1.82) is 0 Å². The summed E-state index contributed by atoms with van der Waals surface area (Å²) in [6.07, 6.45) is 1.73. The summed E-state index contributed by atoms with van der Waals surface area (Å²) in [5.74, 6) is 0.699. The van der Waals surface area contributed by atoms with Crippen molar-refractivity contribution in [2.75, 3.05) is 0 Å². The number of aryl methyl sites for hydroxylation is 1. The summed E-state index contributed by atoms with van der Waals surface area (Å²) < 4.78 is 6.01. The van der Waals surface area contributed by atoms with E-state index in [1.54, 1.807) is 6.20 Å². The molecule has 0 radical (unpaired) electrons. The van der Waals surface area contributed by atoms with Gasteiger partial charge < -0.3 is 4.52 Å². The summed E-state index contributed by atoms with van der Waals surface area (Å²) in [7, 11) is 0. The van der Waals surface area contributed by atoms with Gasteiger partial charge in [-0.2, -0.15) is 0 Å². The van der Waals surface area contributed by atoms with Gasteiger partial charge in [-0.1, -0.05) is 5.16 Å². The fourth-order valence-electron chi connectivity index (χ4n) is 1.01. The Balaban J connectivity index is 2.41. The number of rotatable bonds is 1. The van der Waals surface area contributed by atoms with Crippen LogP contribution in [0.1, 0.15) is 5.69 Å². The maximum Gasteiger partial charge on any atom is 0.185 e. The summed E-state index contributed by atoms with van der Waals surface area (Å²) in [6, 6.07) is 5.65. The van der Waals surface area contributed by atoms with E-state index in [2.05, 4.69) is 26.1 Å². The Labute approximate surface area is 83.9 Å². The molecule has 4 heteroatoms. The number of halogens is 1. The Hall–Kier alpha value is -1.16. The van der Waals surface area contributed by atoms with E-state index in [0.29, 0.717) is 5.76 Å².